The monoisotopic (exact) mass is 233 g/mol. The Kier molecular flexibility index (Phi) is 4.84. The van der Waals surface area contributed by atoms with Crippen LogP contribution in [-0.4, -0.2) is 60.3 Å². The van der Waals surface area contributed by atoms with E-state index in [0.717, 1.165) is 19.6 Å². The number of likely N-dealkylation sites (N-methyl/N-ethyl adjacent to an activating group) is 1. The predicted octanol–water partition coefficient (Wildman–Crippen LogP) is 0.0989. The zero-order chi connectivity index (χ0) is 11.3. The molecule has 0 aromatic carbocycles. The number of amides is 3. The third-order valence-electron chi connectivity index (χ3n) is 2.47. The second kappa shape index (κ2) is 5.92. The Bertz CT molecular complexity index is 240. The normalized spacial score (nSPS) is 17.6. The number of halogens is 1. The first-order valence-corrected chi connectivity index (χ1v) is 5.58. The minimum absolute atomic E-state index is 0.180. The van der Waals surface area contributed by atoms with Crippen LogP contribution in [-0.2, 0) is 4.79 Å². The summed E-state index contributed by atoms with van der Waals surface area (Å²) >= 11 is 5.29. The fraction of sp³-hybridized carbons (Fsp3) is 0.778. The summed E-state index contributed by atoms with van der Waals surface area (Å²) in [5, 5.41) is 2.23. The highest BCUT2D eigenvalue weighted by Crippen LogP contribution is 2.01. The molecule has 0 radical (unpaired) electrons. The lowest BCUT2D eigenvalue weighted by atomic mass is 10.3. The summed E-state index contributed by atoms with van der Waals surface area (Å²) in [4.78, 5) is 26.3. The highest BCUT2D eigenvalue weighted by molar-refractivity contribution is 6.28. The second-order valence-electron chi connectivity index (χ2n) is 3.41. The molecule has 0 aromatic rings. The van der Waals surface area contributed by atoms with Gasteiger partial charge in [-0.2, -0.15) is 0 Å². The molecular formula is C9H16ClN3O2. The van der Waals surface area contributed by atoms with Gasteiger partial charge in [0.15, 0.2) is 0 Å². The van der Waals surface area contributed by atoms with Crippen molar-refractivity contribution < 1.29 is 9.59 Å². The number of carbonyl (C=O) groups excluding carboxylic acids is 2. The smallest absolute Gasteiger partial charge is 0.322 e. The van der Waals surface area contributed by atoms with E-state index in [1.165, 1.54) is 0 Å². The van der Waals surface area contributed by atoms with Gasteiger partial charge in [0.05, 0.1) is 0 Å². The molecule has 0 atom stereocenters. The van der Waals surface area contributed by atoms with Gasteiger partial charge in [-0.25, -0.2) is 4.79 Å². The summed E-state index contributed by atoms with van der Waals surface area (Å²) in [6, 6.07) is -0.337. The third-order valence-corrected chi connectivity index (χ3v) is 2.72. The molecule has 1 aliphatic heterocycles. The van der Waals surface area contributed by atoms with Crippen LogP contribution in [0.3, 0.4) is 0 Å². The molecule has 1 saturated heterocycles. The minimum Gasteiger partial charge on any atom is -0.322 e. The Labute approximate surface area is 94.3 Å². The number of carbonyl (C=O) groups is 2. The maximum absolute atomic E-state index is 11.5. The van der Waals surface area contributed by atoms with Crippen LogP contribution >= 0.6 is 11.6 Å². The van der Waals surface area contributed by atoms with Crippen molar-refractivity contribution in [2.45, 2.75) is 6.92 Å². The van der Waals surface area contributed by atoms with Gasteiger partial charge in [0, 0.05) is 26.2 Å². The van der Waals surface area contributed by atoms with E-state index in [2.05, 4.69) is 17.1 Å². The van der Waals surface area contributed by atoms with E-state index in [1.807, 2.05) is 0 Å². The van der Waals surface area contributed by atoms with Crippen LogP contribution in [0.1, 0.15) is 6.92 Å². The molecule has 0 unspecified atom stereocenters. The van der Waals surface area contributed by atoms with Crippen molar-refractivity contribution in [1.82, 2.24) is 15.1 Å². The van der Waals surface area contributed by atoms with Crippen LogP contribution in [0, 0.1) is 0 Å². The van der Waals surface area contributed by atoms with Gasteiger partial charge in [0.1, 0.15) is 5.88 Å². The number of nitrogens with zero attached hydrogens (tertiary/aromatic N) is 2. The predicted molar refractivity (Wildman–Crippen MR) is 57.9 cm³/mol. The molecule has 1 N–H and O–H groups in total. The maximum atomic E-state index is 11.5. The van der Waals surface area contributed by atoms with E-state index < -0.39 is 5.91 Å². The van der Waals surface area contributed by atoms with Crippen LogP contribution < -0.4 is 5.32 Å². The molecule has 0 aromatic heterocycles. The van der Waals surface area contributed by atoms with Gasteiger partial charge in [0.25, 0.3) is 0 Å². The molecule has 6 heteroatoms. The van der Waals surface area contributed by atoms with Gasteiger partial charge < -0.3 is 9.80 Å². The minimum atomic E-state index is -0.445. The lowest BCUT2D eigenvalue weighted by Gasteiger charge is -2.33. The number of imide groups is 1. The van der Waals surface area contributed by atoms with Crippen molar-refractivity contribution >= 4 is 23.5 Å². The maximum Gasteiger partial charge on any atom is 0.324 e. The first kappa shape index (κ1) is 12.3. The van der Waals surface area contributed by atoms with Crippen LogP contribution in [0.4, 0.5) is 4.79 Å². The number of alkyl halides is 1. The fourth-order valence-electron chi connectivity index (χ4n) is 1.50. The number of rotatable bonds is 2. The highest BCUT2D eigenvalue weighted by atomic mass is 35.5. The molecule has 15 heavy (non-hydrogen) atoms. The third kappa shape index (κ3) is 3.68. The molecule has 86 valence electrons. The Morgan fingerprint density at radius 1 is 1.27 bits per heavy atom. The number of hydrogen-bond acceptors (Lipinski definition) is 3. The van der Waals surface area contributed by atoms with Crippen molar-refractivity contribution in [2.24, 2.45) is 0 Å². The van der Waals surface area contributed by atoms with Crippen molar-refractivity contribution in [3.63, 3.8) is 0 Å². The Morgan fingerprint density at radius 3 is 2.33 bits per heavy atom. The van der Waals surface area contributed by atoms with Gasteiger partial charge in [-0.1, -0.05) is 6.92 Å². The quantitative estimate of drug-likeness (QED) is 0.689. The standard InChI is InChI=1S/C9H16ClN3O2/c1-2-12-3-5-13(6-4-12)9(15)11-8(14)7-10/h2-7H2,1H3,(H,11,14,15). The van der Waals surface area contributed by atoms with E-state index in [1.54, 1.807) is 4.90 Å². The number of nitrogens with one attached hydrogen (secondary N) is 1. The number of piperazine rings is 1. The van der Waals surface area contributed by atoms with Gasteiger partial charge in [0.2, 0.25) is 5.91 Å². The topological polar surface area (TPSA) is 52.6 Å². The van der Waals surface area contributed by atoms with Crippen molar-refractivity contribution in [3.05, 3.63) is 0 Å². The Balaban J connectivity index is 2.33. The van der Waals surface area contributed by atoms with Crippen LogP contribution in [0.2, 0.25) is 0 Å². The van der Waals surface area contributed by atoms with Crippen molar-refractivity contribution in [3.8, 4) is 0 Å². The van der Waals surface area contributed by atoms with E-state index in [0.29, 0.717) is 13.1 Å². The Morgan fingerprint density at radius 2 is 1.87 bits per heavy atom. The van der Waals surface area contributed by atoms with E-state index in [9.17, 15) is 9.59 Å². The first-order valence-electron chi connectivity index (χ1n) is 5.04. The summed E-state index contributed by atoms with van der Waals surface area (Å²) in [5.41, 5.74) is 0. The molecule has 1 heterocycles. The number of urea groups is 1. The van der Waals surface area contributed by atoms with Crippen LogP contribution in [0.5, 0.6) is 0 Å². The highest BCUT2D eigenvalue weighted by Gasteiger charge is 2.20. The molecule has 0 bridgehead atoms. The molecule has 5 nitrogen and oxygen atoms in total. The molecule has 1 fully saturated rings. The molecule has 3 amide bonds. The average Bonchev–Trinajstić information content (AvgIpc) is 2.29. The summed E-state index contributed by atoms with van der Waals surface area (Å²) in [6.45, 7) is 6.13. The van der Waals surface area contributed by atoms with Gasteiger partial charge >= 0.3 is 6.03 Å². The molecule has 1 aliphatic rings. The molecule has 1 rings (SSSR count). The van der Waals surface area contributed by atoms with Crippen LogP contribution in [0.25, 0.3) is 0 Å². The SMILES string of the molecule is CCN1CCN(C(=O)NC(=O)CCl)CC1. The summed E-state index contributed by atoms with van der Waals surface area (Å²) in [6.07, 6.45) is 0. The molecule has 0 spiro atoms. The average molecular weight is 234 g/mol. The van der Waals surface area contributed by atoms with E-state index >= 15 is 0 Å². The zero-order valence-corrected chi connectivity index (χ0v) is 9.59. The fourth-order valence-corrected chi connectivity index (χ4v) is 1.57. The summed E-state index contributed by atoms with van der Waals surface area (Å²) in [7, 11) is 0. The summed E-state index contributed by atoms with van der Waals surface area (Å²) < 4.78 is 0. The van der Waals surface area contributed by atoms with Gasteiger partial charge in [-0.3, -0.25) is 10.1 Å². The lowest BCUT2D eigenvalue weighted by Crippen LogP contribution is -2.52. The van der Waals surface area contributed by atoms with Gasteiger partial charge in [-0.15, -0.1) is 11.6 Å². The molecule has 0 saturated carbocycles. The Hall–Kier alpha value is -0.810. The largest absolute Gasteiger partial charge is 0.324 e. The van der Waals surface area contributed by atoms with E-state index in [4.69, 9.17) is 11.6 Å². The second-order valence-corrected chi connectivity index (χ2v) is 3.68. The van der Waals surface area contributed by atoms with Gasteiger partial charge in [-0.05, 0) is 6.54 Å². The lowest BCUT2D eigenvalue weighted by molar-refractivity contribution is -0.117. The summed E-state index contributed by atoms with van der Waals surface area (Å²) in [5.74, 6) is -0.625. The number of hydrogen-bond donors (Lipinski definition) is 1. The van der Waals surface area contributed by atoms with Crippen molar-refractivity contribution in [2.75, 3.05) is 38.6 Å². The van der Waals surface area contributed by atoms with Crippen molar-refractivity contribution in [1.29, 1.82) is 0 Å². The van der Waals surface area contributed by atoms with Crippen LogP contribution in [0.15, 0.2) is 0 Å². The molecular weight excluding hydrogens is 218 g/mol. The zero-order valence-electron chi connectivity index (χ0n) is 8.83. The first-order chi connectivity index (χ1) is 7.17. The van der Waals surface area contributed by atoms with E-state index in [-0.39, 0.29) is 11.9 Å². The molecule has 0 aliphatic carbocycles.